The first-order valence-corrected chi connectivity index (χ1v) is 12.0. The van der Waals surface area contributed by atoms with E-state index in [2.05, 4.69) is 69.3 Å². The topological polar surface area (TPSA) is 35.5 Å². The van der Waals surface area contributed by atoms with Crippen molar-refractivity contribution < 1.29 is 13.4 Å². The SMILES string of the molecule is CC(C)(C)[Si](OC[C@@H]1OCC[S@]1=O)(c1ccccc1)c1ccccc1. The quantitative estimate of drug-likeness (QED) is 0.755. The third-order valence-electron chi connectivity index (χ3n) is 4.73. The lowest BCUT2D eigenvalue weighted by atomic mass is 10.2. The van der Waals surface area contributed by atoms with E-state index in [4.69, 9.17) is 9.16 Å². The molecular weight excluding hydrogens is 348 g/mol. The van der Waals surface area contributed by atoms with Gasteiger partial charge in [0.15, 0.2) is 5.44 Å². The van der Waals surface area contributed by atoms with Crippen LogP contribution in [0.15, 0.2) is 60.7 Å². The Kier molecular flexibility index (Phi) is 5.58. The third-order valence-corrected chi connectivity index (χ3v) is 11.2. The second kappa shape index (κ2) is 7.54. The smallest absolute Gasteiger partial charge is 0.261 e. The molecule has 0 bridgehead atoms. The molecule has 25 heavy (non-hydrogen) atoms. The molecule has 0 radical (unpaired) electrons. The van der Waals surface area contributed by atoms with Crippen molar-refractivity contribution in [1.82, 2.24) is 0 Å². The van der Waals surface area contributed by atoms with E-state index >= 15 is 0 Å². The Morgan fingerprint density at radius 2 is 1.56 bits per heavy atom. The van der Waals surface area contributed by atoms with Crippen LogP contribution in [0.1, 0.15) is 20.8 Å². The fraction of sp³-hybridized carbons (Fsp3) is 0.400. The summed E-state index contributed by atoms with van der Waals surface area (Å²) in [5.74, 6) is 0.606. The Hall–Kier alpha value is -1.27. The van der Waals surface area contributed by atoms with Gasteiger partial charge in [-0.25, -0.2) is 0 Å². The van der Waals surface area contributed by atoms with Crippen LogP contribution >= 0.6 is 0 Å². The predicted octanol–water partition coefficient (Wildman–Crippen LogP) is 2.67. The molecule has 0 aromatic heterocycles. The van der Waals surface area contributed by atoms with E-state index < -0.39 is 19.1 Å². The lowest BCUT2D eigenvalue weighted by molar-refractivity contribution is 0.0952. The minimum absolute atomic E-state index is 0.0736. The van der Waals surface area contributed by atoms with Gasteiger partial charge in [-0.3, -0.25) is 4.21 Å². The summed E-state index contributed by atoms with van der Waals surface area (Å²) in [6.45, 7) is 7.66. The van der Waals surface area contributed by atoms with Crippen LogP contribution in [0.2, 0.25) is 5.04 Å². The molecule has 0 aliphatic carbocycles. The summed E-state index contributed by atoms with van der Waals surface area (Å²) in [5, 5.41) is 2.39. The van der Waals surface area contributed by atoms with E-state index in [0.29, 0.717) is 19.0 Å². The monoisotopic (exact) mass is 374 g/mol. The van der Waals surface area contributed by atoms with E-state index in [0.717, 1.165) is 0 Å². The summed E-state index contributed by atoms with van der Waals surface area (Å²) in [5.41, 5.74) is -0.318. The van der Waals surface area contributed by atoms with Gasteiger partial charge in [-0.05, 0) is 15.4 Å². The van der Waals surface area contributed by atoms with Crippen LogP contribution < -0.4 is 10.4 Å². The molecule has 1 aliphatic rings. The second-order valence-corrected chi connectivity index (χ2v) is 13.4. The van der Waals surface area contributed by atoms with Crippen LogP contribution in [0.5, 0.6) is 0 Å². The van der Waals surface area contributed by atoms with Crippen molar-refractivity contribution in [3.05, 3.63) is 60.7 Å². The highest BCUT2D eigenvalue weighted by Gasteiger charge is 2.50. The molecule has 1 saturated heterocycles. The molecule has 1 aliphatic heterocycles. The van der Waals surface area contributed by atoms with Gasteiger partial charge in [0.1, 0.15) is 0 Å². The minimum atomic E-state index is -2.56. The average Bonchev–Trinajstić information content (AvgIpc) is 3.01. The van der Waals surface area contributed by atoms with Gasteiger partial charge in [-0.1, -0.05) is 81.4 Å². The van der Waals surface area contributed by atoms with Gasteiger partial charge in [0.2, 0.25) is 0 Å². The molecule has 134 valence electrons. The van der Waals surface area contributed by atoms with Crippen molar-refractivity contribution in [3.63, 3.8) is 0 Å². The van der Waals surface area contributed by atoms with Crippen molar-refractivity contribution in [3.8, 4) is 0 Å². The zero-order chi connectivity index (χ0) is 17.9. The van der Waals surface area contributed by atoms with E-state index in [-0.39, 0.29) is 10.5 Å². The molecule has 5 heteroatoms. The Balaban J connectivity index is 2.07. The standard InChI is InChI=1S/C20H26O3SSi/c1-20(2,3)25(17-10-6-4-7-11-17,18-12-8-5-9-13-18)23-16-19-22-14-15-24(19)21/h4-13,19H,14-16H2,1-3H3/t19-,24-/m1/s1. The number of ether oxygens (including phenoxy) is 1. The van der Waals surface area contributed by atoms with Crippen LogP contribution in [-0.4, -0.2) is 36.9 Å². The number of rotatable bonds is 5. The highest BCUT2D eigenvalue weighted by molar-refractivity contribution is 7.85. The maximum Gasteiger partial charge on any atom is 0.261 e. The van der Waals surface area contributed by atoms with Crippen molar-refractivity contribution in [2.24, 2.45) is 0 Å². The molecule has 0 unspecified atom stereocenters. The summed E-state index contributed by atoms with van der Waals surface area (Å²) in [7, 11) is -3.52. The molecule has 3 rings (SSSR count). The van der Waals surface area contributed by atoms with Gasteiger partial charge in [-0.2, -0.15) is 0 Å². The summed E-state index contributed by atoms with van der Waals surface area (Å²) >= 11 is 0. The van der Waals surface area contributed by atoms with E-state index in [9.17, 15) is 4.21 Å². The van der Waals surface area contributed by atoms with Crippen molar-refractivity contribution in [2.75, 3.05) is 19.0 Å². The van der Waals surface area contributed by atoms with Crippen molar-refractivity contribution in [2.45, 2.75) is 31.2 Å². The van der Waals surface area contributed by atoms with Crippen molar-refractivity contribution >= 4 is 29.5 Å². The third kappa shape index (κ3) is 3.65. The first-order valence-electron chi connectivity index (χ1n) is 8.69. The maximum atomic E-state index is 12.1. The second-order valence-electron chi connectivity index (χ2n) is 7.36. The Morgan fingerprint density at radius 1 is 1.04 bits per heavy atom. The highest BCUT2D eigenvalue weighted by Crippen LogP contribution is 2.37. The van der Waals surface area contributed by atoms with Crippen LogP contribution in [0, 0.1) is 0 Å². The Labute approximate surface area is 154 Å². The Bertz CT molecular complexity index is 673. The van der Waals surface area contributed by atoms with Gasteiger partial charge in [0, 0.05) is 5.75 Å². The lowest BCUT2D eigenvalue weighted by Gasteiger charge is -2.43. The van der Waals surface area contributed by atoms with Crippen LogP contribution in [0.3, 0.4) is 0 Å². The lowest BCUT2D eigenvalue weighted by Crippen LogP contribution is -2.67. The molecule has 0 amide bonds. The summed E-state index contributed by atoms with van der Waals surface area (Å²) < 4.78 is 24.5. The predicted molar refractivity (Wildman–Crippen MR) is 106 cm³/mol. The molecule has 0 saturated carbocycles. The van der Waals surface area contributed by atoms with E-state index in [1.165, 1.54) is 10.4 Å². The fourth-order valence-corrected chi connectivity index (χ4v) is 9.22. The van der Waals surface area contributed by atoms with E-state index in [1.807, 2.05) is 12.1 Å². The van der Waals surface area contributed by atoms with Crippen LogP contribution in [0.25, 0.3) is 0 Å². The first-order chi connectivity index (χ1) is 11.9. The maximum absolute atomic E-state index is 12.1. The number of benzene rings is 2. The number of hydrogen-bond donors (Lipinski definition) is 0. The van der Waals surface area contributed by atoms with Gasteiger partial charge >= 0.3 is 0 Å². The van der Waals surface area contributed by atoms with Crippen LogP contribution in [-0.2, 0) is 20.0 Å². The molecule has 2 aromatic rings. The molecule has 3 nitrogen and oxygen atoms in total. The van der Waals surface area contributed by atoms with Gasteiger partial charge in [0.05, 0.1) is 24.0 Å². The molecule has 0 spiro atoms. The van der Waals surface area contributed by atoms with Crippen LogP contribution in [0.4, 0.5) is 0 Å². The molecule has 2 atom stereocenters. The number of hydrogen-bond acceptors (Lipinski definition) is 3. The largest absolute Gasteiger partial charge is 0.404 e. The van der Waals surface area contributed by atoms with Crippen molar-refractivity contribution in [1.29, 1.82) is 0 Å². The van der Waals surface area contributed by atoms with Gasteiger partial charge in [0.25, 0.3) is 8.32 Å². The molecule has 2 aromatic carbocycles. The summed E-state index contributed by atoms with van der Waals surface area (Å²) in [4.78, 5) is 0. The first kappa shape index (κ1) is 18.5. The zero-order valence-corrected chi connectivity index (χ0v) is 16.9. The summed E-state index contributed by atoms with van der Waals surface area (Å²) in [6.07, 6.45) is 0. The highest BCUT2D eigenvalue weighted by atomic mass is 32.2. The normalized spacial score (nSPS) is 21.4. The molecular formula is C20H26O3SSi. The molecule has 1 heterocycles. The zero-order valence-electron chi connectivity index (χ0n) is 15.1. The minimum Gasteiger partial charge on any atom is -0.404 e. The Morgan fingerprint density at radius 3 is 1.96 bits per heavy atom. The van der Waals surface area contributed by atoms with Gasteiger partial charge < -0.3 is 9.16 Å². The molecule has 1 fully saturated rings. The fourth-order valence-electron chi connectivity index (χ4n) is 3.55. The van der Waals surface area contributed by atoms with E-state index in [1.54, 1.807) is 0 Å². The summed E-state index contributed by atoms with van der Waals surface area (Å²) in [6, 6.07) is 21.0. The molecule has 0 N–H and O–H groups in total. The van der Waals surface area contributed by atoms with Gasteiger partial charge in [-0.15, -0.1) is 0 Å². The average molecular weight is 375 g/mol.